The maximum atomic E-state index is 13.5. The number of fused-ring (bicyclic) bond motifs is 1. The van der Waals surface area contributed by atoms with Gasteiger partial charge in [0.2, 0.25) is 0 Å². The molecule has 0 saturated carbocycles. The molecule has 0 radical (unpaired) electrons. The minimum absolute atomic E-state index is 0.0851. The zero-order chi connectivity index (χ0) is 22.1. The molecular weight excluding hydrogens is 386 g/mol. The van der Waals surface area contributed by atoms with E-state index in [0.717, 1.165) is 52.6 Å². The third-order valence-corrected chi connectivity index (χ3v) is 5.82. The standard InChI is InChI=1S/C25H31N5O/c1-16(2)22-15-20(19-8-6-7-9-21(19)27-22)25(31)30-12-10-29(11-13-30)23-14-18(5)26-24(28-23)17(3)4/h6-9,14-17H,10-13H2,1-5H3. The molecule has 0 N–H and O–H groups in total. The van der Waals surface area contributed by atoms with Gasteiger partial charge in [0.05, 0.1) is 11.1 Å². The van der Waals surface area contributed by atoms with Crippen LogP contribution in [0.25, 0.3) is 10.9 Å². The molecule has 0 atom stereocenters. The van der Waals surface area contributed by atoms with Gasteiger partial charge in [0.1, 0.15) is 11.6 Å². The summed E-state index contributed by atoms with van der Waals surface area (Å²) < 4.78 is 0. The molecule has 1 fully saturated rings. The number of aryl methyl sites for hydroxylation is 1. The summed E-state index contributed by atoms with van der Waals surface area (Å²) >= 11 is 0. The molecule has 4 rings (SSSR count). The van der Waals surface area contributed by atoms with Crippen molar-refractivity contribution >= 4 is 22.6 Å². The van der Waals surface area contributed by atoms with E-state index in [9.17, 15) is 4.79 Å². The largest absolute Gasteiger partial charge is 0.353 e. The van der Waals surface area contributed by atoms with Crippen LogP contribution in [0.2, 0.25) is 0 Å². The van der Waals surface area contributed by atoms with E-state index in [1.807, 2.05) is 48.2 Å². The van der Waals surface area contributed by atoms with E-state index in [2.05, 4.69) is 37.6 Å². The molecule has 3 heterocycles. The van der Waals surface area contributed by atoms with Crippen LogP contribution < -0.4 is 4.90 Å². The Morgan fingerprint density at radius 1 is 0.903 bits per heavy atom. The molecule has 0 aliphatic carbocycles. The minimum atomic E-state index is 0.0851. The summed E-state index contributed by atoms with van der Waals surface area (Å²) in [5.74, 6) is 2.47. The Labute approximate surface area is 184 Å². The first kappa shape index (κ1) is 21.2. The molecule has 6 nitrogen and oxygen atoms in total. The minimum Gasteiger partial charge on any atom is -0.353 e. The molecule has 162 valence electrons. The molecule has 6 heteroatoms. The predicted molar refractivity (Wildman–Crippen MR) is 125 cm³/mol. The van der Waals surface area contributed by atoms with E-state index in [1.165, 1.54) is 0 Å². The maximum Gasteiger partial charge on any atom is 0.254 e. The highest BCUT2D eigenvalue weighted by Crippen LogP contribution is 2.25. The van der Waals surface area contributed by atoms with E-state index in [4.69, 9.17) is 9.97 Å². The lowest BCUT2D eigenvalue weighted by atomic mass is 10.0. The predicted octanol–water partition coefficient (Wildman–Crippen LogP) is 4.54. The summed E-state index contributed by atoms with van der Waals surface area (Å²) in [7, 11) is 0. The Kier molecular flexibility index (Phi) is 5.90. The number of pyridine rings is 1. The van der Waals surface area contributed by atoms with Gasteiger partial charge in [-0.1, -0.05) is 45.9 Å². The number of nitrogens with zero attached hydrogens (tertiary/aromatic N) is 5. The zero-order valence-electron chi connectivity index (χ0n) is 19.1. The van der Waals surface area contributed by atoms with Crippen molar-refractivity contribution in [3.8, 4) is 0 Å². The average Bonchev–Trinajstić information content (AvgIpc) is 2.77. The summed E-state index contributed by atoms with van der Waals surface area (Å²) in [6.07, 6.45) is 0. The van der Waals surface area contributed by atoms with Gasteiger partial charge in [-0.05, 0) is 25.0 Å². The molecule has 1 saturated heterocycles. The number of para-hydroxylation sites is 1. The lowest BCUT2D eigenvalue weighted by Gasteiger charge is -2.36. The topological polar surface area (TPSA) is 62.2 Å². The SMILES string of the molecule is Cc1cc(N2CCN(C(=O)c3cc(C(C)C)nc4ccccc34)CC2)nc(C(C)C)n1. The average molecular weight is 418 g/mol. The van der Waals surface area contributed by atoms with Crippen LogP contribution in [0.3, 0.4) is 0 Å². The lowest BCUT2D eigenvalue weighted by molar-refractivity contribution is 0.0748. The number of amides is 1. The third kappa shape index (κ3) is 4.38. The number of carbonyl (C=O) groups excluding carboxylic acids is 1. The fourth-order valence-electron chi connectivity index (χ4n) is 3.97. The summed E-state index contributed by atoms with van der Waals surface area (Å²) in [4.78, 5) is 31.8. The molecule has 0 spiro atoms. The normalized spacial score (nSPS) is 14.7. The van der Waals surface area contributed by atoms with Crippen LogP contribution in [-0.2, 0) is 0 Å². The molecule has 1 amide bonds. The third-order valence-electron chi connectivity index (χ3n) is 5.82. The molecule has 1 aliphatic rings. The number of carbonyl (C=O) groups is 1. The van der Waals surface area contributed by atoms with Gasteiger partial charge in [-0.25, -0.2) is 9.97 Å². The molecule has 0 unspecified atom stereocenters. The Morgan fingerprint density at radius 2 is 1.61 bits per heavy atom. The van der Waals surface area contributed by atoms with Gasteiger partial charge in [0, 0.05) is 54.9 Å². The highest BCUT2D eigenvalue weighted by Gasteiger charge is 2.25. The molecule has 31 heavy (non-hydrogen) atoms. The summed E-state index contributed by atoms with van der Waals surface area (Å²) in [6, 6.07) is 11.9. The van der Waals surface area contributed by atoms with Gasteiger partial charge in [-0.15, -0.1) is 0 Å². The van der Waals surface area contributed by atoms with Crippen LogP contribution >= 0.6 is 0 Å². The fraction of sp³-hybridized carbons (Fsp3) is 0.440. The summed E-state index contributed by atoms with van der Waals surface area (Å²) in [6.45, 7) is 13.3. The van der Waals surface area contributed by atoms with Crippen LogP contribution in [0.1, 0.15) is 67.1 Å². The van der Waals surface area contributed by atoms with E-state index in [-0.39, 0.29) is 17.7 Å². The van der Waals surface area contributed by atoms with E-state index < -0.39 is 0 Å². The van der Waals surface area contributed by atoms with Crippen LogP contribution in [0.5, 0.6) is 0 Å². The molecule has 3 aromatic rings. The highest BCUT2D eigenvalue weighted by atomic mass is 16.2. The van der Waals surface area contributed by atoms with Gasteiger partial charge < -0.3 is 9.80 Å². The van der Waals surface area contributed by atoms with Crippen molar-refractivity contribution in [3.05, 3.63) is 59.2 Å². The number of anilines is 1. The molecular formula is C25H31N5O. The van der Waals surface area contributed by atoms with Crippen LogP contribution in [0.4, 0.5) is 5.82 Å². The Morgan fingerprint density at radius 3 is 2.29 bits per heavy atom. The van der Waals surface area contributed by atoms with Crippen molar-refractivity contribution < 1.29 is 4.79 Å². The first-order valence-electron chi connectivity index (χ1n) is 11.1. The van der Waals surface area contributed by atoms with Crippen LogP contribution in [0.15, 0.2) is 36.4 Å². The van der Waals surface area contributed by atoms with E-state index >= 15 is 0 Å². The Balaban J connectivity index is 1.55. The first-order valence-corrected chi connectivity index (χ1v) is 11.1. The first-order chi connectivity index (χ1) is 14.8. The van der Waals surface area contributed by atoms with Gasteiger partial charge in [-0.2, -0.15) is 0 Å². The van der Waals surface area contributed by atoms with Crippen molar-refractivity contribution in [2.45, 2.75) is 46.5 Å². The molecule has 2 aromatic heterocycles. The van der Waals surface area contributed by atoms with Crippen molar-refractivity contribution in [3.63, 3.8) is 0 Å². The second kappa shape index (κ2) is 8.61. The number of piperazine rings is 1. The van der Waals surface area contributed by atoms with Gasteiger partial charge in [-0.3, -0.25) is 9.78 Å². The van der Waals surface area contributed by atoms with Gasteiger partial charge in [0.15, 0.2) is 0 Å². The number of hydrogen-bond donors (Lipinski definition) is 0. The molecule has 1 aliphatic heterocycles. The summed E-state index contributed by atoms with van der Waals surface area (Å²) in [5.41, 5.74) is 3.58. The van der Waals surface area contributed by atoms with Crippen LogP contribution in [0, 0.1) is 6.92 Å². The van der Waals surface area contributed by atoms with Crippen molar-refractivity contribution in [2.75, 3.05) is 31.1 Å². The fourth-order valence-corrected chi connectivity index (χ4v) is 3.97. The van der Waals surface area contributed by atoms with Gasteiger partial charge >= 0.3 is 0 Å². The second-order valence-electron chi connectivity index (χ2n) is 8.93. The Hall–Kier alpha value is -3.02. The highest BCUT2D eigenvalue weighted by molar-refractivity contribution is 6.06. The van der Waals surface area contributed by atoms with E-state index in [0.29, 0.717) is 13.1 Å². The quantitative estimate of drug-likeness (QED) is 0.624. The second-order valence-corrected chi connectivity index (χ2v) is 8.93. The maximum absolute atomic E-state index is 13.5. The van der Waals surface area contributed by atoms with Crippen molar-refractivity contribution in [1.29, 1.82) is 0 Å². The lowest BCUT2D eigenvalue weighted by Crippen LogP contribution is -2.49. The summed E-state index contributed by atoms with van der Waals surface area (Å²) in [5, 5.41) is 0.923. The molecule has 0 bridgehead atoms. The number of benzene rings is 1. The number of rotatable bonds is 4. The van der Waals surface area contributed by atoms with E-state index in [1.54, 1.807) is 0 Å². The van der Waals surface area contributed by atoms with Crippen molar-refractivity contribution in [1.82, 2.24) is 19.9 Å². The molecule has 1 aromatic carbocycles. The number of hydrogen-bond acceptors (Lipinski definition) is 5. The number of aromatic nitrogens is 3. The van der Waals surface area contributed by atoms with Gasteiger partial charge in [0.25, 0.3) is 5.91 Å². The Bertz CT molecular complexity index is 1100. The van der Waals surface area contributed by atoms with Crippen molar-refractivity contribution in [2.24, 2.45) is 0 Å². The smallest absolute Gasteiger partial charge is 0.254 e. The van der Waals surface area contributed by atoms with Crippen LogP contribution in [-0.4, -0.2) is 51.9 Å². The monoisotopic (exact) mass is 417 g/mol. The zero-order valence-corrected chi connectivity index (χ0v) is 19.1.